The Morgan fingerprint density at radius 2 is 1.96 bits per heavy atom. The van der Waals surface area contributed by atoms with Crippen LogP contribution in [0.2, 0.25) is 10.0 Å². The minimum atomic E-state index is -4.74. The first-order valence-corrected chi connectivity index (χ1v) is 7.56. The Hall–Kier alpha value is -2.20. The van der Waals surface area contributed by atoms with Crippen molar-refractivity contribution in [1.82, 2.24) is 19.7 Å². The van der Waals surface area contributed by atoms with Gasteiger partial charge in [0, 0.05) is 19.3 Å². The van der Waals surface area contributed by atoms with E-state index in [-0.39, 0.29) is 18.1 Å². The number of carbonyl (C=O) groups is 1. The lowest BCUT2D eigenvalue weighted by atomic mass is 10.3. The molecule has 0 fully saturated rings. The van der Waals surface area contributed by atoms with Crippen LogP contribution < -0.4 is 16.3 Å². The molecule has 0 saturated heterocycles. The summed E-state index contributed by atoms with van der Waals surface area (Å²) in [6.45, 7) is -0.334. The van der Waals surface area contributed by atoms with Crippen LogP contribution >= 0.6 is 23.2 Å². The molecule has 7 nitrogen and oxygen atoms in total. The second-order valence-corrected chi connectivity index (χ2v) is 5.71. The lowest BCUT2D eigenvalue weighted by Gasteiger charge is -2.08. The van der Waals surface area contributed by atoms with Gasteiger partial charge in [-0.25, -0.2) is 14.3 Å². The number of nitrogens with zero attached hydrogens (tertiary/aromatic N) is 3. The summed E-state index contributed by atoms with van der Waals surface area (Å²) in [5.74, 6) is -1.31. The Balaban J connectivity index is 1.93. The van der Waals surface area contributed by atoms with E-state index in [1.54, 1.807) is 0 Å². The zero-order valence-corrected chi connectivity index (χ0v) is 14.2. The molecule has 1 heterocycles. The maximum absolute atomic E-state index is 12.7. The zero-order valence-electron chi connectivity index (χ0n) is 12.7. The highest BCUT2D eigenvalue weighted by atomic mass is 35.5. The molecule has 0 atom stereocenters. The lowest BCUT2D eigenvalue weighted by molar-refractivity contribution is -0.147. The molecule has 1 aromatic heterocycles. The smallest absolute Gasteiger partial charge is 0.336 e. The van der Waals surface area contributed by atoms with Gasteiger partial charge in [-0.2, -0.15) is 13.2 Å². The molecule has 2 amide bonds. The summed E-state index contributed by atoms with van der Waals surface area (Å²) in [4.78, 5) is 23.4. The molecule has 0 unspecified atom stereocenters. The summed E-state index contributed by atoms with van der Waals surface area (Å²) in [6.07, 6.45) is -4.74. The molecule has 25 heavy (non-hydrogen) atoms. The maximum atomic E-state index is 12.7. The number of amides is 2. The molecule has 0 spiro atoms. The number of halogens is 5. The fraction of sp³-hybridized carbons (Fsp3) is 0.308. The number of anilines is 1. The van der Waals surface area contributed by atoms with Gasteiger partial charge >= 0.3 is 17.9 Å². The van der Waals surface area contributed by atoms with Gasteiger partial charge in [-0.1, -0.05) is 23.2 Å². The number of hydrogen-bond acceptors (Lipinski definition) is 3. The van der Waals surface area contributed by atoms with Crippen molar-refractivity contribution in [2.75, 3.05) is 11.9 Å². The zero-order chi connectivity index (χ0) is 18.8. The van der Waals surface area contributed by atoms with Gasteiger partial charge < -0.3 is 10.6 Å². The number of benzene rings is 1. The normalized spacial score (nSPS) is 11.4. The van der Waals surface area contributed by atoms with E-state index < -0.39 is 23.7 Å². The van der Waals surface area contributed by atoms with E-state index in [1.165, 1.54) is 18.2 Å². The molecule has 0 aliphatic heterocycles. The second kappa shape index (κ2) is 7.36. The Morgan fingerprint density at radius 3 is 2.52 bits per heavy atom. The monoisotopic (exact) mass is 397 g/mol. The topological polar surface area (TPSA) is 81.0 Å². The van der Waals surface area contributed by atoms with Crippen molar-refractivity contribution in [3.05, 3.63) is 44.6 Å². The Labute approximate surface area is 149 Å². The molecule has 0 aliphatic rings. The Bertz CT molecular complexity index is 847. The number of urea groups is 1. The fourth-order valence-corrected chi connectivity index (χ4v) is 2.20. The van der Waals surface area contributed by atoms with E-state index in [1.807, 2.05) is 0 Å². The summed E-state index contributed by atoms with van der Waals surface area (Å²) in [5, 5.41) is 8.65. The molecule has 0 bridgehead atoms. The van der Waals surface area contributed by atoms with E-state index in [9.17, 15) is 22.8 Å². The average molecular weight is 398 g/mol. The third kappa shape index (κ3) is 4.67. The summed E-state index contributed by atoms with van der Waals surface area (Å²) < 4.78 is 39.0. The van der Waals surface area contributed by atoms with E-state index in [2.05, 4.69) is 15.7 Å². The maximum Gasteiger partial charge on any atom is 0.451 e. The molecule has 0 saturated carbocycles. The van der Waals surface area contributed by atoms with E-state index in [0.29, 0.717) is 20.0 Å². The standard InChI is InChI=1S/C13H12Cl2F3N5O2/c1-22-10(13(16,17)18)21-23(12(22)25)5-4-19-11(24)20-7-2-3-8(14)9(15)6-7/h2-3,6H,4-5H2,1H3,(H2,19,20,24). The van der Waals surface area contributed by atoms with Gasteiger partial charge in [0.25, 0.3) is 0 Å². The average Bonchev–Trinajstić information content (AvgIpc) is 2.79. The molecule has 2 aromatic rings. The number of carbonyl (C=O) groups excluding carboxylic acids is 1. The van der Waals surface area contributed by atoms with Crippen molar-refractivity contribution >= 4 is 34.9 Å². The fourth-order valence-electron chi connectivity index (χ4n) is 1.90. The highest BCUT2D eigenvalue weighted by molar-refractivity contribution is 6.42. The van der Waals surface area contributed by atoms with Crippen LogP contribution in [0.4, 0.5) is 23.7 Å². The van der Waals surface area contributed by atoms with Crippen LogP contribution in [0, 0.1) is 0 Å². The third-order valence-electron chi connectivity index (χ3n) is 3.08. The van der Waals surface area contributed by atoms with Crippen molar-refractivity contribution in [2.24, 2.45) is 7.05 Å². The largest absolute Gasteiger partial charge is 0.451 e. The van der Waals surface area contributed by atoms with Gasteiger partial charge in [0.15, 0.2) is 0 Å². The molecular formula is C13H12Cl2F3N5O2. The first-order chi connectivity index (χ1) is 11.6. The first-order valence-electron chi connectivity index (χ1n) is 6.80. The number of aromatic nitrogens is 3. The highest BCUT2D eigenvalue weighted by Crippen LogP contribution is 2.26. The van der Waals surface area contributed by atoms with Crippen LogP contribution in [0.1, 0.15) is 5.82 Å². The molecule has 12 heteroatoms. The molecule has 1 aromatic carbocycles. The third-order valence-corrected chi connectivity index (χ3v) is 3.82. The van der Waals surface area contributed by atoms with Gasteiger partial charge in [-0.15, -0.1) is 5.10 Å². The summed E-state index contributed by atoms with van der Waals surface area (Å²) in [6, 6.07) is 3.82. The number of hydrogen-bond donors (Lipinski definition) is 2. The van der Waals surface area contributed by atoms with Crippen LogP contribution in [-0.2, 0) is 19.8 Å². The van der Waals surface area contributed by atoms with E-state index in [0.717, 1.165) is 7.05 Å². The van der Waals surface area contributed by atoms with Crippen LogP contribution in [0.15, 0.2) is 23.0 Å². The van der Waals surface area contributed by atoms with Crippen molar-refractivity contribution in [2.45, 2.75) is 12.7 Å². The summed E-state index contributed by atoms with van der Waals surface area (Å²) >= 11 is 11.6. The van der Waals surface area contributed by atoms with Gasteiger partial charge in [0.2, 0.25) is 5.82 Å². The molecule has 0 aliphatic carbocycles. The van der Waals surface area contributed by atoms with Gasteiger partial charge in [-0.05, 0) is 18.2 Å². The first kappa shape index (κ1) is 19.1. The van der Waals surface area contributed by atoms with Crippen LogP contribution in [0.5, 0.6) is 0 Å². The van der Waals surface area contributed by atoms with Crippen LogP contribution in [0.25, 0.3) is 0 Å². The predicted octanol–water partition coefficient (Wildman–Crippen LogP) is 2.73. The number of nitrogens with one attached hydrogen (secondary N) is 2. The predicted molar refractivity (Wildman–Crippen MR) is 86.0 cm³/mol. The van der Waals surface area contributed by atoms with Crippen molar-refractivity contribution in [3.63, 3.8) is 0 Å². The van der Waals surface area contributed by atoms with Crippen molar-refractivity contribution in [1.29, 1.82) is 0 Å². The van der Waals surface area contributed by atoms with Crippen LogP contribution in [-0.4, -0.2) is 26.9 Å². The molecule has 0 radical (unpaired) electrons. The van der Waals surface area contributed by atoms with Gasteiger partial charge in [-0.3, -0.25) is 4.57 Å². The number of rotatable bonds is 4. The Morgan fingerprint density at radius 1 is 1.28 bits per heavy atom. The SMILES string of the molecule is Cn1c(C(F)(F)F)nn(CCNC(=O)Nc2ccc(Cl)c(Cl)c2)c1=O. The quantitative estimate of drug-likeness (QED) is 0.831. The lowest BCUT2D eigenvalue weighted by Crippen LogP contribution is -2.34. The number of alkyl halides is 3. The molecule has 2 rings (SSSR count). The van der Waals surface area contributed by atoms with E-state index in [4.69, 9.17) is 23.2 Å². The van der Waals surface area contributed by atoms with Gasteiger partial charge in [0.1, 0.15) is 0 Å². The minimum absolute atomic E-state index is 0.110. The van der Waals surface area contributed by atoms with E-state index >= 15 is 0 Å². The summed E-state index contributed by atoms with van der Waals surface area (Å²) in [5.41, 5.74) is -0.555. The van der Waals surface area contributed by atoms with Crippen molar-refractivity contribution in [3.8, 4) is 0 Å². The molecule has 2 N–H and O–H groups in total. The minimum Gasteiger partial charge on any atom is -0.336 e. The summed E-state index contributed by atoms with van der Waals surface area (Å²) in [7, 11) is 0.971. The highest BCUT2D eigenvalue weighted by Gasteiger charge is 2.37. The molecular weight excluding hydrogens is 386 g/mol. The molecule has 136 valence electrons. The second-order valence-electron chi connectivity index (χ2n) is 4.90. The van der Waals surface area contributed by atoms with Crippen LogP contribution in [0.3, 0.4) is 0 Å². The van der Waals surface area contributed by atoms with Gasteiger partial charge in [0.05, 0.1) is 16.6 Å². The van der Waals surface area contributed by atoms with Crippen molar-refractivity contribution < 1.29 is 18.0 Å². The Kier molecular flexibility index (Phi) is 5.63.